The van der Waals surface area contributed by atoms with Gasteiger partial charge in [0.15, 0.2) is 5.78 Å². The Balaban J connectivity index is 2.38. The first-order chi connectivity index (χ1) is 8.49. The van der Waals surface area contributed by atoms with E-state index in [2.05, 4.69) is 5.32 Å². The lowest BCUT2D eigenvalue weighted by Gasteiger charge is -2.09. The van der Waals surface area contributed by atoms with Crippen LogP contribution in [0.4, 0.5) is 5.69 Å². The molecule has 2 N–H and O–H groups in total. The summed E-state index contributed by atoms with van der Waals surface area (Å²) >= 11 is 0. The number of Topliss-reactive ketones (excluding diaryl/α,β-unsaturated/α-hetero) is 1. The van der Waals surface area contributed by atoms with Crippen molar-refractivity contribution >= 4 is 23.3 Å². The molecule has 0 bridgehead atoms. The van der Waals surface area contributed by atoms with Crippen molar-refractivity contribution in [3.63, 3.8) is 0 Å². The summed E-state index contributed by atoms with van der Waals surface area (Å²) in [6.07, 6.45) is -0.388. The lowest BCUT2D eigenvalue weighted by atomic mass is 9.94. The van der Waals surface area contributed by atoms with Gasteiger partial charge in [0.1, 0.15) is 0 Å². The Kier molecular flexibility index (Phi) is 3.14. The van der Waals surface area contributed by atoms with Gasteiger partial charge in [-0.25, -0.2) is 0 Å². The number of ketones is 1. The number of carbonyl (C=O) groups is 3. The number of carboxylic acid groups (broad SMARTS) is 1. The molecule has 1 amide bonds. The van der Waals surface area contributed by atoms with Crippen molar-refractivity contribution in [1.29, 1.82) is 0 Å². The van der Waals surface area contributed by atoms with Crippen molar-refractivity contribution in [3.05, 3.63) is 29.3 Å². The summed E-state index contributed by atoms with van der Waals surface area (Å²) in [5.74, 6) is -2.48. The van der Waals surface area contributed by atoms with Crippen LogP contribution in [0.3, 0.4) is 0 Å². The molecular formula is C13H13NO4. The predicted octanol–water partition coefficient (Wildman–Crippen LogP) is 1.61. The number of aryl methyl sites for hydroxylation is 1. The molecule has 5 heteroatoms. The van der Waals surface area contributed by atoms with E-state index >= 15 is 0 Å². The summed E-state index contributed by atoms with van der Waals surface area (Å²) in [6.45, 7) is 1.79. The summed E-state index contributed by atoms with van der Waals surface area (Å²) in [5.41, 5.74) is 1.74. The highest BCUT2D eigenvalue weighted by molar-refractivity contribution is 6.11. The lowest BCUT2D eigenvalue weighted by Crippen LogP contribution is -2.24. The highest BCUT2D eigenvalue weighted by Gasteiger charge is 2.30. The minimum absolute atomic E-state index is 0.0595. The highest BCUT2D eigenvalue weighted by atomic mass is 16.4. The Morgan fingerprint density at radius 1 is 1.44 bits per heavy atom. The van der Waals surface area contributed by atoms with Gasteiger partial charge >= 0.3 is 5.97 Å². The summed E-state index contributed by atoms with van der Waals surface area (Å²) in [6, 6.07) is 5.20. The normalized spacial score (nSPS) is 18.8. The molecule has 1 aromatic rings. The molecule has 0 saturated carbocycles. The van der Waals surface area contributed by atoms with Crippen LogP contribution in [-0.2, 0) is 9.59 Å². The largest absolute Gasteiger partial charge is 0.481 e. The SMILES string of the molecule is Cc1cccc2c1C(=O)C[C@@H](CC(=O)O)C(=O)N2. The zero-order valence-electron chi connectivity index (χ0n) is 9.90. The Morgan fingerprint density at radius 2 is 2.17 bits per heavy atom. The third kappa shape index (κ3) is 2.25. The zero-order chi connectivity index (χ0) is 13.3. The van der Waals surface area contributed by atoms with Gasteiger partial charge in [0.05, 0.1) is 18.0 Å². The van der Waals surface area contributed by atoms with Gasteiger partial charge < -0.3 is 10.4 Å². The molecule has 0 fully saturated rings. The number of anilines is 1. The number of aliphatic carboxylic acids is 1. The summed E-state index contributed by atoms with van der Waals surface area (Å²) in [7, 11) is 0. The topological polar surface area (TPSA) is 83.5 Å². The number of benzene rings is 1. The van der Waals surface area contributed by atoms with Crippen LogP contribution in [0, 0.1) is 12.8 Å². The molecule has 0 unspecified atom stereocenters. The molecule has 1 aromatic carbocycles. The number of carboxylic acids is 1. The number of nitrogens with one attached hydrogen (secondary N) is 1. The fourth-order valence-corrected chi connectivity index (χ4v) is 2.17. The van der Waals surface area contributed by atoms with Crippen molar-refractivity contribution in [2.45, 2.75) is 19.8 Å². The van der Waals surface area contributed by atoms with E-state index in [0.717, 1.165) is 5.56 Å². The molecule has 0 saturated heterocycles. The number of amides is 1. The second-order valence-electron chi connectivity index (χ2n) is 4.41. The van der Waals surface area contributed by atoms with Gasteiger partial charge in [0, 0.05) is 12.0 Å². The monoisotopic (exact) mass is 247 g/mol. The first kappa shape index (κ1) is 12.3. The van der Waals surface area contributed by atoms with E-state index < -0.39 is 17.8 Å². The Bertz CT molecular complexity index is 536. The van der Waals surface area contributed by atoms with Gasteiger partial charge in [0.2, 0.25) is 5.91 Å². The van der Waals surface area contributed by atoms with Crippen LogP contribution >= 0.6 is 0 Å². The maximum atomic E-state index is 12.1. The van der Waals surface area contributed by atoms with Crippen molar-refractivity contribution in [1.82, 2.24) is 0 Å². The number of hydrogen-bond donors (Lipinski definition) is 2. The van der Waals surface area contributed by atoms with E-state index in [4.69, 9.17) is 5.11 Å². The van der Waals surface area contributed by atoms with E-state index in [1.807, 2.05) is 0 Å². The fourth-order valence-electron chi connectivity index (χ4n) is 2.17. The van der Waals surface area contributed by atoms with E-state index in [-0.39, 0.29) is 18.6 Å². The zero-order valence-corrected chi connectivity index (χ0v) is 9.90. The van der Waals surface area contributed by atoms with Crippen molar-refractivity contribution < 1.29 is 19.5 Å². The summed E-state index contributed by atoms with van der Waals surface area (Å²) < 4.78 is 0. The Labute approximate surface area is 104 Å². The second-order valence-corrected chi connectivity index (χ2v) is 4.41. The minimum atomic E-state index is -1.08. The number of carbonyl (C=O) groups excluding carboxylic acids is 2. The van der Waals surface area contributed by atoms with Crippen LogP contribution in [0.15, 0.2) is 18.2 Å². The van der Waals surface area contributed by atoms with Gasteiger partial charge in [0.25, 0.3) is 0 Å². The summed E-state index contributed by atoms with van der Waals surface area (Å²) in [4.78, 5) is 34.6. The molecule has 1 aliphatic heterocycles. The lowest BCUT2D eigenvalue weighted by molar-refractivity contribution is -0.140. The molecule has 0 spiro atoms. The maximum absolute atomic E-state index is 12.1. The van der Waals surface area contributed by atoms with Gasteiger partial charge in [-0.1, -0.05) is 12.1 Å². The molecule has 2 rings (SSSR count). The Hall–Kier alpha value is -2.17. The molecule has 1 atom stereocenters. The van der Waals surface area contributed by atoms with Gasteiger partial charge in [-0.05, 0) is 18.6 Å². The van der Waals surface area contributed by atoms with E-state index in [1.165, 1.54) is 0 Å². The van der Waals surface area contributed by atoms with Gasteiger partial charge in [-0.3, -0.25) is 14.4 Å². The standard InChI is InChI=1S/C13H13NO4/c1-7-3-2-4-9-12(7)10(15)5-8(6-11(16)17)13(18)14-9/h2-4,8H,5-6H2,1H3,(H,14,18)(H,16,17)/t8-/m0/s1. The van der Waals surface area contributed by atoms with E-state index in [1.54, 1.807) is 25.1 Å². The Morgan fingerprint density at radius 3 is 2.83 bits per heavy atom. The van der Waals surface area contributed by atoms with Crippen LogP contribution in [-0.4, -0.2) is 22.8 Å². The maximum Gasteiger partial charge on any atom is 0.304 e. The molecule has 94 valence electrons. The third-order valence-electron chi connectivity index (χ3n) is 3.03. The average molecular weight is 247 g/mol. The number of fused-ring (bicyclic) bond motifs is 1. The second kappa shape index (κ2) is 4.60. The van der Waals surface area contributed by atoms with Crippen LogP contribution < -0.4 is 5.32 Å². The molecule has 0 radical (unpaired) electrons. The number of rotatable bonds is 2. The molecule has 1 heterocycles. The first-order valence-corrected chi connectivity index (χ1v) is 5.64. The predicted molar refractivity (Wildman–Crippen MR) is 64.5 cm³/mol. The number of hydrogen-bond acceptors (Lipinski definition) is 3. The van der Waals surface area contributed by atoms with Crippen LogP contribution in [0.2, 0.25) is 0 Å². The summed E-state index contributed by atoms with van der Waals surface area (Å²) in [5, 5.41) is 11.4. The molecule has 1 aliphatic rings. The van der Waals surface area contributed by atoms with Crippen LogP contribution in [0.1, 0.15) is 28.8 Å². The molecule has 0 aromatic heterocycles. The van der Waals surface area contributed by atoms with E-state index in [9.17, 15) is 14.4 Å². The van der Waals surface area contributed by atoms with E-state index in [0.29, 0.717) is 11.3 Å². The van der Waals surface area contributed by atoms with Crippen LogP contribution in [0.5, 0.6) is 0 Å². The van der Waals surface area contributed by atoms with Gasteiger partial charge in [-0.15, -0.1) is 0 Å². The van der Waals surface area contributed by atoms with Crippen molar-refractivity contribution in [2.75, 3.05) is 5.32 Å². The smallest absolute Gasteiger partial charge is 0.304 e. The molecule has 5 nitrogen and oxygen atoms in total. The molecule has 18 heavy (non-hydrogen) atoms. The fraction of sp³-hybridized carbons (Fsp3) is 0.308. The van der Waals surface area contributed by atoms with Gasteiger partial charge in [-0.2, -0.15) is 0 Å². The quantitative estimate of drug-likeness (QED) is 0.831. The highest BCUT2D eigenvalue weighted by Crippen LogP contribution is 2.28. The minimum Gasteiger partial charge on any atom is -0.481 e. The third-order valence-corrected chi connectivity index (χ3v) is 3.03. The first-order valence-electron chi connectivity index (χ1n) is 5.64. The van der Waals surface area contributed by atoms with Crippen molar-refractivity contribution in [3.8, 4) is 0 Å². The van der Waals surface area contributed by atoms with Crippen molar-refractivity contribution in [2.24, 2.45) is 5.92 Å². The molecular weight excluding hydrogens is 234 g/mol. The van der Waals surface area contributed by atoms with Crippen LogP contribution in [0.25, 0.3) is 0 Å². The molecule has 0 aliphatic carbocycles. The average Bonchev–Trinajstić information content (AvgIpc) is 2.37.